The summed E-state index contributed by atoms with van der Waals surface area (Å²) in [7, 11) is -1.34. The van der Waals surface area contributed by atoms with Gasteiger partial charge in [0.15, 0.2) is 5.03 Å². The second kappa shape index (κ2) is 20.5. The highest BCUT2D eigenvalue weighted by atomic mass is 32.2. The molecule has 62 heavy (non-hydrogen) atoms. The van der Waals surface area contributed by atoms with Gasteiger partial charge in [0.25, 0.3) is 16.5 Å². The van der Waals surface area contributed by atoms with Crippen molar-refractivity contribution in [3.05, 3.63) is 119 Å². The highest BCUT2D eigenvalue weighted by Gasteiger charge is 2.35. The van der Waals surface area contributed by atoms with E-state index in [9.17, 15) is 23.1 Å². The summed E-state index contributed by atoms with van der Waals surface area (Å²) in [4.78, 5) is 38.4. The van der Waals surface area contributed by atoms with Gasteiger partial charge in [-0.15, -0.1) is 0 Å². The number of halogens is 1. The van der Waals surface area contributed by atoms with Crippen LogP contribution in [0.3, 0.4) is 0 Å². The van der Waals surface area contributed by atoms with Gasteiger partial charge in [-0.1, -0.05) is 38.1 Å². The maximum absolute atomic E-state index is 15.1. The lowest BCUT2D eigenvalue weighted by atomic mass is 9.88. The molecule has 0 saturated heterocycles. The van der Waals surface area contributed by atoms with Crippen LogP contribution in [0.4, 0.5) is 4.39 Å². The fraction of sp³-hybridized carbons (Fsp3) is 0.356. The number of hydrogen-bond acceptors (Lipinski definition) is 11. The first-order valence-corrected chi connectivity index (χ1v) is 20.9. The molecule has 2 aromatic heterocycles. The van der Waals surface area contributed by atoms with Crippen LogP contribution in [0.2, 0.25) is 0 Å². The number of sulfonamides is 1. The number of carboxylic acid groups (broad SMARTS) is 2. The van der Waals surface area contributed by atoms with E-state index in [2.05, 4.69) is 10.1 Å². The van der Waals surface area contributed by atoms with Gasteiger partial charge in [-0.25, -0.2) is 27.3 Å². The Bertz CT molecular complexity index is 2400. The third kappa shape index (κ3) is 12.6. The molecular weight excluding hydrogens is 824 g/mol. The Balaban J connectivity index is 0.00000273. The first-order chi connectivity index (χ1) is 29.1. The van der Waals surface area contributed by atoms with Crippen molar-refractivity contribution in [3.63, 3.8) is 0 Å². The largest absolute Gasteiger partial charge is 0.497 e. The van der Waals surface area contributed by atoms with E-state index in [1.807, 2.05) is 13.8 Å². The van der Waals surface area contributed by atoms with Crippen molar-refractivity contribution in [2.24, 2.45) is 0 Å². The van der Waals surface area contributed by atoms with E-state index in [1.165, 1.54) is 36.9 Å². The second-order valence-electron chi connectivity index (χ2n) is 16.1. The number of benzene rings is 3. The Morgan fingerprint density at radius 3 is 1.92 bits per heavy atom. The first kappa shape index (κ1) is 48.3. The smallest absolute Gasteiger partial charge is 0.354 e. The van der Waals surface area contributed by atoms with Gasteiger partial charge < -0.3 is 29.2 Å². The molecule has 0 fully saturated rings. The van der Waals surface area contributed by atoms with E-state index in [0.29, 0.717) is 44.9 Å². The normalized spacial score (nSPS) is 11.7. The Labute approximate surface area is 361 Å². The fourth-order valence-corrected chi connectivity index (χ4v) is 7.79. The molecule has 2 heterocycles. The van der Waals surface area contributed by atoms with Crippen LogP contribution in [0.15, 0.2) is 90.1 Å². The van der Waals surface area contributed by atoms with Crippen LogP contribution < -0.4 is 14.2 Å². The van der Waals surface area contributed by atoms with Gasteiger partial charge >= 0.3 is 11.9 Å². The lowest BCUT2D eigenvalue weighted by Crippen LogP contribution is -2.37. The number of esters is 1. The van der Waals surface area contributed by atoms with Crippen LogP contribution in [0.1, 0.15) is 87.1 Å². The molecule has 0 aliphatic heterocycles. The summed E-state index contributed by atoms with van der Waals surface area (Å²) >= 11 is 0. The van der Waals surface area contributed by atoms with E-state index in [4.69, 9.17) is 28.8 Å². The summed E-state index contributed by atoms with van der Waals surface area (Å²) < 4.78 is 68.5. The van der Waals surface area contributed by atoms with E-state index in [0.717, 1.165) is 10.7 Å². The average molecular weight is 877 g/mol. The molecule has 0 radical (unpaired) electrons. The fourth-order valence-electron chi connectivity index (χ4n) is 6.44. The molecule has 0 aliphatic carbocycles. The van der Waals surface area contributed by atoms with Crippen molar-refractivity contribution >= 4 is 28.4 Å². The molecule has 3 aromatic carbocycles. The zero-order chi connectivity index (χ0) is 46.0. The number of aromatic nitrogens is 3. The minimum absolute atomic E-state index is 0.0500. The number of methoxy groups -OCH3 is 2. The molecule has 0 bridgehead atoms. The lowest BCUT2D eigenvalue weighted by molar-refractivity contribution is -0.153. The molecule has 17 heteroatoms. The molecule has 0 spiro atoms. The van der Waals surface area contributed by atoms with E-state index in [1.54, 1.807) is 95.3 Å². The molecule has 332 valence electrons. The third-order valence-electron chi connectivity index (χ3n) is 9.35. The zero-order valence-corrected chi connectivity index (χ0v) is 37.0. The molecule has 0 saturated carbocycles. The highest BCUT2D eigenvalue weighted by molar-refractivity contribution is 7.89. The lowest BCUT2D eigenvalue weighted by Gasteiger charge is -2.27. The molecule has 5 rings (SSSR count). The Kier molecular flexibility index (Phi) is 16.0. The quantitative estimate of drug-likeness (QED) is 0.0681. The maximum atomic E-state index is 15.1. The summed E-state index contributed by atoms with van der Waals surface area (Å²) in [6, 6.07) is 21.0. The molecule has 2 N–H and O–H groups in total. The third-order valence-corrected chi connectivity index (χ3v) is 11.0. The van der Waals surface area contributed by atoms with Crippen LogP contribution >= 0.6 is 0 Å². The predicted octanol–water partition coefficient (Wildman–Crippen LogP) is 7.71. The zero-order valence-electron chi connectivity index (χ0n) is 36.2. The van der Waals surface area contributed by atoms with Crippen LogP contribution in [0.5, 0.6) is 17.4 Å². The Hall–Kier alpha value is -6.33. The molecular formula is C45H53FN4O11S. The SMILES string of the molecule is COc1ccc(CN(Cc2ccc(OC)cc2)S(=O)(=O)c2cc(C(=O)O)n(C(C)(C)COc3cc(-c4cc(F)cc(C(C)C)c4CC(=O)OC(C)(C)C)ccn3)n2)cc1.O=CO. The maximum Gasteiger partial charge on any atom is 0.354 e. The molecule has 0 amide bonds. The summed E-state index contributed by atoms with van der Waals surface area (Å²) in [5, 5.41) is 21.1. The summed E-state index contributed by atoms with van der Waals surface area (Å²) in [6.45, 7) is 11.9. The van der Waals surface area contributed by atoms with E-state index >= 15 is 4.39 Å². The van der Waals surface area contributed by atoms with Crippen molar-refractivity contribution in [1.82, 2.24) is 19.1 Å². The molecule has 5 aromatic rings. The standard InChI is InChI=1S/C44H51FN4O9S.CH2O2/c1-28(2)35-21-32(45)22-36(37(35)23-41(50)58-43(3,4)5)31-18-19-46-39(20-31)57-27-44(6,7)49-38(42(51)52)24-40(47-49)59(53,54)48(25-29-10-14-33(55-8)15-11-29)26-30-12-16-34(56-9)17-13-30;2-1-3/h10-22,24,28H,23,25-27H2,1-9H3,(H,51,52);1H,(H,2,3). The number of pyridine rings is 1. The summed E-state index contributed by atoms with van der Waals surface area (Å²) in [5.41, 5.74) is 1.27. The van der Waals surface area contributed by atoms with Gasteiger partial charge in [-0.05, 0) is 116 Å². The molecule has 0 atom stereocenters. The number of ether oxygens (including phenoxy) is 4. The monoisotopic (exact) mass is 876 g/mol. The number of carbonyl (C=O) groups is 3. The number of carboxylic acids is 1. The molecule has 15 nitrogen and oxygen atoms in total. The van der Waals surface area contributed by atoms with Crippen molar-refractivity contribution in [3.8, 4) is 28.5 Å². The Morgan fingerprint density at radius 1 is 0.887 bits per heavy atom. The predicted molar refractivity (Wildman–Crippen MR) is 228 cm³/mol. The highest BCUT2D eigenvalue weighted by Crippen LogP contribution is 2.34. The topological polar surface area (TPSA) is 197 Å². The van der Waals surface area contributed by atoms with Crippen LogP contribution in [0.25, 0.3) is 11.1 Å². The minimum atomic E-state index is -4.41. The van der Waals surface area contributed by atoms with Crippen LogP contribution in [-0.2, 0) is 49.4 Å². The molecule has 0 unspecified atom stereocenters. The van der Waals surface area contributed by atoms with Crippen LogP contribution in [0, 0.1) is 5.82 Å². The van der Waals surface area contributed by atoms with E-state index < -0.39 is 43.9 Å². The van der Waals surface area contributed by atoms with Gasteiger partial charge in [0, 0.05) is 31.4 Å². The number of aromatic carboxylic acids is 1. The van der Waals surface area contributed by atoms with Gasteiger partial charge in [-0.2, -0.15) is 9.40 Å². The van der Waals surface area contributed by atoms with Crippen molar-refractivity contribution in [2.75, 3.05) is 20.8 Å². The van der Waals surface area contributed by atoms with Gasteiger partial charge in [0.1, 0.15) is 35.2 Å². The number of rotatable bonds is 17. The minimum Gasteiger partial charge on any atom is -0.497 e. The van der Waals surface area contributed by atoms with Crippen molar-refractivity contribution in [2.45, 2.75) is 90.1 Å². The number of carbonyl (C=O) groups excluding carboxylic acids is 1. The van der Waals surface area contributed by atoms with Gasteiger partial charge in [-0.3, -0.25) is 9.59 Å². The van der Waals surface area contributed by atoms with E-state index in [-0.39, 0.29) is 50.1 Å². The number of nitrogens with zero attached hydrogens (tertiary/aromatic N) is 4. The summed E-state index contributed by atoms with van der Waals surface area (Å²) in [5.74, 6) is -1.11. The molecule has 0 aliphatic rings. The average Bonchev–Trinajstić information content (AvgIpc) is 3.69. The first-order valence-electron chi connectivity index (χ1n) is 19.4. The van der Waals surface area contributed by atoms with Crippen LogP contribution in [-0.4, -0.2) is 82.5 Å². The Morgan fingerprint density at radius 2 is 1.44 bits per heavy atom. The second-order valence-corrected chi connectivity index (χ2v) is 18.0. The van der Waals surface area contributed by atoms with Crippen molar-refractivity contribution < 1.29 is 56.4 Å². The van der Waals surface area contributed by atoms with Gasteiger partial charge in [0.05, 0.1) is 26.2 Å². The summed E-state index contributed by atoms with van der Waals surface area (Å²) in [6.07, 6.45) is 1.39. The number of hydrogen-bond donors (Lipinski definition) is 2. The van der Waals surface area contributed by atoms with Crippen molar-refractivity contribution in [1.29, 1.82) is 0 Å². The van der Waals surface area contributed by atoms with Gasteiger partial charge in [0.2, 0.25) is 5.88 Å².